The Labute approximate surface area is 102 Å². The molecule has 1 atom stereocenters. The van der Waals surface area contributed by atoms with Crippen molar-refractivity contribution in [3.63, 3.8) is 0 Å². The van der Waals surface area contributed by atoms with Crippen molar-refractivity contribution in [3.05, 3.63) is 10.2 Å². The van der Waals surface area contributed by atoms with Crippen molar-refractivity contribution in [3.8, 4) is 0 Å². The zero-order valence-corrected chi connectivity index (χ0v) is 9.97. The zero-order chi connectivity index (χ0) is 12.8. The fraction of sp³-hybridized carbons (Fsp3) is 0.500. The number of hydrogen-bond donors (Lipinski definition) is 2. The van der Waals surface area contributed by atoms with E-state index in [1.54, 1.807) is 0 Å². The third-order valence-corrected chi connectivity index (χ3v) is 3.22. The minimum Gasteiger partial charge on any atom is -0.369 e. The van der Waals surface area contributed by atoms with Crippen LogP contribution in [0.15, 0.2) is 4.47 Å². The first-order chi connectivity index (χ1) is 7.82. The van der Waals surface area contributed by atoms with Gasteiger partial charge in [-0.15, -0.1) is 0 Å². The van der Waals surface area contributed by atoms with Gasteiger partial charge in [-0.2, -0.15) is 18.3 Å². The number of amides is 1. The lowest BCUT2D eigenvalue weighted by Crippen LogP contribution is -2.34. The summed E-state index contributed by atoms with van der Waals surface area (Å²) in [5, 5.41) is 6.36. The van der Waals surface area contributed by atoms with Gasteiger partial charge in [-0.05, 0) is 22.4 Å². The summed E-state index contributed by atoms with van der Waals surface area (Å²) in [6.45, 7) is 0.159. The number of nitrogens with zero attached hydrogens (tertiary/aromatic N) is 2. The average Bonchev–Trinajstić information content (AvgIpc) is 2.55. The summed E-state index contributed by atoms with van der Waals surface area (Å²) in [4.78, 5) is 11.0. The summed E-state index contributed by atoms with van der Waals surface area (Å²) in [6.07, 6.45) is -4.54. The molecule has 0 radical (unpaired) electrons. The smallest absolute Gasteiger partial charge is 0.369 e. The zero-order valence-electron chi connectivity index (χ0n) is 8.38. The molecule has 0 aromatic carbocycles. The molecule has 2 rings (SSSR count). The highest BCUT2D eigenvalue weighted by Gasteiger charge is 2.45. The Balaban J connectivity index is 2.53. The highest BCUT2D eigenvalue weighted by molar-refractivity contribution is 9.10. The summed E-state index contributed by atoms with van der Waals surface area (Å²) in [6, 6.07) is -1.73. The molecule has 9 heteroatoms. The highest BCUT2D eigenvalue weighted by Crippen LogP contribution is 2.40. The van der Waals surface area contributed by atoms with Crippen molar-refractivity contribution in [1.29, 1.82) is 0 Å². The summed E-state index contributed by atoms with van der Waals surface area (Å²) in [7, 11) is 0. The number of anilines is 1. The fourth-order valence-corrected chi connectivity index (χ4v) is 2.30. The lowest BCUT2D eigenvalue weighted by atomic mass is 10.1. The minimum atomic E-state index is -4.41. The first-order valence-electron chi connectivity index (χ1n) is 4.70. The minimum absolute atomic E-state index is 0.132. The molecular weight excluding hydrogens is 305 g/mol. The van der Waals surface area contributed by atoms with E-state index in [2.05, 4.69) is 26.3 Å². The van der Waals surface area contributed by atoms with Crippen LogP contribution >= 0.6 is 15.9 Å². The van der Waals surface area contributed by atoms with Gasteiger partial charge in [0.2, 0.25) is 0 Å². The number of aromatic nitrogens is 2. The number of hydrogen-bond acceptors (Lipinski definition) is 3. The largest absolute Gasteiger partial charge is 0.410 e. The van der Waals surface area contributed by atoms with Crippen LogP contribution in [0.2, 0.25) is 0 Å². The standard InChI is InChI=1S/C8H8BrF3N4O/c9-4-5(6(13)17)15-16-3(8(10,11)12)1-2-14-7(4)16/h3,14H,1-2H2,(H2,13,17). The normalized spacial score (nSPS) is 19.6. The van der Waals surface area contributed by atoms with Crippen molar-refractivity contribution >= 4 is 27.7 Å². The van der Waals surface area contributed by atoms with E-state index in [1.807, 2.05) is 0 Å². The number of carbonyl (C=O) groups is 1. The van der Waals surface area contributed by atoms with Gasteiger partial charge in [0.15, 0.2) is 11.7 Å². The molecular formula is C8H8BrF3N4O. The molecule has 1 aliphatic heterocycles. The fourth-order valence-electron chi connectivity index (χ4n) is 1.71. The van der Waals surface area contributed by atoms with E-state index in [0.29, 0.717) is 0 Å². The van der Waals surface area contributed by atoms with Crippen molar-refractivity contribution in [2.24, 2.45) is 5.73 Å². The molecule has 3 N–H and O–H groups in total. The van der Waals surface area contributed by atoms with Gasteiger partial charge in [0.1, 0.15) is 5.82 Å². The maximum atomic E-state index is 12.7. The molecule has 0 aliphatic carbocycles. The molecule has 1 aromatic rings. The second kappa shape index (κ2) is 3.90. The number of nitrogens with one attached hydrogen (secondary N) is 1. The van der Waals surface area contributed by atoms with E-state index in [-0.39, 0.29) is 29.0 Å². The van der Waals surface area contributed by atoms with E-state index in [9.17, 15) is 18.0 Å². The number of nitrogens with two attached hydrogens (primary N) is 1. The van der Waals surface area contributed by atoms with Crippen LogP contribution in [-0.2, 0) is 0 Å². The second-order valence-electron chi connectivity index (χ2n) is 3.59. The van der Waals surface area contributed by atoms with E-state index in [1.165, 1.54) is 0 Å². The van der Waals surface area contributed by atoms with E-state index in [4.69, 9.17) is 5.73 Å². The molecule has 94 valence electrons. The van der Waals surface area contributed by atoms with Crippen molar-refractivity contribution in [2.45, 2.75) is 18.6 Å². The predicted octanol–water partition coefficient (Wildman–Crippen LogP) is 1.66. The second-order valence-corrected chi connectivity index (χ2v) is 4.39. The van der Waals surface area contributed by atoms with Crippen molar-refractivity contribution in [2.75, 3.05) is 11.9 Å². The predicted molar refractivity (Wildman–Crippen MR) is 56.6 cm³/mol. The number of alkyl halides is 3. The Kier molecular flexibility index (Phi) is 2.80. The molecule has 0 spiro atoms. The molecule has 0 bridgehead atoms. The number of fused-ring (bicyclic) bond motifs is 1. The lowest BCUT2D eigenvalue weighted by Gasteiger charge is -2.27. The maximum absolute atomic E-state index is 12.7. The number of primary amides is 1. The van der Waals surface area contributed by atoms with Crippen LogP contribution in [0.25, 0.3) is 0 Å². The highest BCUT2D eigenvalue weighted by atomic mass is 79.9. The van der Waals surface area contributed by atoms with Gasteiger partial charge < -0.3 is 11.1 Å². The van der Waals surface area contributed by atoms with Gasteiger partial charge in [-0.1, -0.05) is 0 Å². The summed E-state index contributed by atoms with van der Waals surface area (Å²) < 4.78 is 39.1. The van der Waals surface area contributed by atoms with Crippen LogP contribution < -0.4 is 11.1 Å². The SMILES string of the molecule is NC(=O)c1nn2c(c1Br)NCCC2C(F)(F)F. The summed E-state index contributed by atoms with van der Waals surface area (Å²) in [5.74, 6) is -0.742. The summed E-state index contributed by atoms with van der Waals surface area (Å²) in [5.41, 5.74) is 4.82. The molecule has 17 heavy (non-hydrogen) atoms. The summed E-state index contributed by atoms with van der Waals surface area (Å²) >= 11 is 3.02. The quantitative estimate of drug-likeness (QED) is 0.828. The molecule has 5 nitrogen and oxygen atoms in total. The molecule has 1 amide bonds. The Morgan fingerprint density at radius 3 is 2.76 bits per heavy atom. The monoisotopic (exact) mass is 312 g/mol. The first kappa shape index (κ1) is 12.2. The number of carbonyl (C=O) groups excluding carboxylic acids is 1. The molecule has 2 heterocycles. The van der Waals surface area contributed by atoms with Crippen LogP contribution in [0.4, 0.5) is 19.0 Å². The van der Waals surface area contributed by atoms with Crippen molar-refractivity contribution < 1.29 is 18.0 Å². The Morgan fingerprint density at radius 1 is 1.59 bits per heavy atom. The Morgan fingerprint density at radius 2 is 2.24 bits per heavy atom. The molecule has 1 unspecified atom stereocenters. The van der Waals surface area contributed by atoms with Gasteiger partial charge in [-0.25, -0.2) is 4.68 Å². The van der Waals surface area contributed by atoms with Gasteiger partial charge in [0.05, 0.1) is 4.47 Å². The molecule has 1 aromatic heterocycles. The third kappa shape index (κ3) is 1.99. The van der Waals surface area contributed by atoms with Crippen LogP contribution in [0.1, 0.15) is 23.0 Å². The molecule has 0 saturated carbocycles. The molecule has 0 fully saturated rings. The lowest BCUT2D eigenvalue weighted by molar-refractivity contribution is -0.171. The topological polar surface area (TPSA) is 72.9 Å². The molecule has 0 saturated heterocycles. The van der Waals surface area contributed by atoms with E-state index in [0.717, 1.165) is 4.68 Å². The van der Waals surface area contributed by atoms with Crippen LogP contribution in [0.3, 0.4) is 0 Å². The van der Waals surface area contributed by atoms with Crippen LogP contribution in [-0.4, -0.2) is 28.4 Å². The van der Waals surface area contributed by atoms with Gasteiger partial charge in [0.25, 0.3) is 5.91 Å². The van der Waals surface area contributed by atoms with Gasteiger partial charge in [-0.3, -0.25) is 4.79 Å². The van der Waals surface area contributed by atoms with Crippen molar-refractivity contribution in [1.82, 2.24) is 9.78 Å². The third-order valence-electron chi connectivity index (χ3n) is 2.47. The van der Waals surface area contributed by atoms with E-state index >= 15 is 0 Å². The molecule has 1 aliphatic rings. The van der Waals surface area contributed by atoms with Gasteiger partial charge in [0, 0.05) is 6.54 Å². The van der Waals surface area contributed by atoms with Crippen LogP contribution in [0.5, 0.6) is 0 Å². The first-order valence-corrected chi connectivity index (χ1v) is 5.50. The number of halogens is 4. The van der Waals surface area contributed by atoms with Crippen LogP contribution in [0, 0.1) is 0 Å². The van der Waals surface area contributed by atoms with E-state index < -0.39 is 18.1 Å². The average molecular weight is 313 g/mol. The maximum Gasteiger partial charge on any atom is 0.410 e. The Hall–Kier alpha value is -1.25. The van der Waals surface area contributed by atoms with Gasteiger partial charge >= 0.3 is 6.18 Å². The number of rotatable bonds is 1. The Bertz CT molecular complexity index is 470.